The lowest BCUT2D eigenvalue weighted by Gasteiger charge is -2.32. The van der Waals surface area contributed by atoms with Crippen LogP contribution in [0.4, 0.5) is 0 Å². The number of rotatable bonds is 3. The molecular weight excluding hydrogens is 156 g/mol. The summed E-state index contributed by atoms with van der Waals surface area (Å²) in [5.74, 6) is 0.171. The van der Waals surface area contributed by atoms with Gasteiger partial charge in [-0.05, 0) is 6.42 Å². The summed E-state index contributed by atoms with van der Waals surface area (Å²) in [6, 6.07) is 0. The highest BCUT2D eigenvalue weighted by Crippen LogP contribution is 2.03. The van der Waals surface area contributed by atoms with Crippen LogP contribution in [0.15, 0.2) is 0 Å². The monoisotopic (exact) mass is 172 g/mol. The first-order valence-electron chi connectivity index (χ1n) is 4.34. The van der Waals surface area contributed by atoms with Gasteiger partial charge in [0.05, 0.1) is 7.11 Å². The Labute approximate surface area is 73.0 Å². The molecule has 0 aromatic heterocycles. The molecule has 0 atom stereocenters. The van der Waals surface area contributed by atoms with E-state index in [1.165, 1.54) is 0 Å². The van der Waals surface area contributed by atoms with Gasteiger partial charge < -0.3 is 9.74 Å². The van der Waals surface area contributed by atoms with Gasteiger partial charge in [-0.1, -0.05) is 6.92 Å². The maximum atomic E-state index is 11.4. The van der Waals surface area contributed by atoms with E-state index in [4.69, 9.17) is 4.84 Å². The summed E-state index contributed by atoms with van der Waals surface area (Å²) in [7, 11) is 1.60. The molecule has 0 bridgehead atoms. The molecule has 0 N–H and O–H groups in total. The molecular formula is C8H16N2O2. The predicted octanol–water partition coefficient (Wildman–Crippen LogP) is 0.102. The van der Waals surface area contributed by atoms with Crippen molar-refractivity contribution in [3.05, 3.63) is 0 Å². The first-order chi connectivity index (χ1) is 5.77. The smallest absolute Gasteiger partial charge is 0.239 e. The number of nitrogens with zero attached hydrogens (tertiary/aromatic N) is 2. The van der Waals surface area contributed by atoms with Gasteiger partial charge in [0.25, 0.3) is 0 Å². The van der Waals surface area contributed by atoms with E-state index in [0.29, 0.717) is 6.54 Å². The average Bonchev–Trinajstić information content (AvgIpc) is 2.09. The molecule has 0 aromatic rings. The molecule has 70 valence electrons. The Morgan fingerprint density at radius 2 is 2.25 bits per heavy atom. The van der Waals surface area contributed by atoms with Crippen LogP contribution in [0.1, 0.15) is 13.3 Å². The van der Waals surface area contributed by atoms with Crippen molar-refractivity contribution in [2.24, 2.45) is 0 Å². The molecule has 1 amide bonds. The Morgan fingerprint density at radius 3 is 2.75 bits per heavy atom. The Bertz CT molecular complexity index is 161. The quantitative estimate of drug-likeness (QED) is 0.605. The zero-order chi connectivity index (χ0) is 8.97. The normalized spacial score (nSPS) is 20.2. The van der Waals surface area contributed by atoms with Crippen LogP contribution in [0.5, 0.6) is 0 Å². The fourth-order valence-electron chi connectivity index (χ4n) is 1.35. The Morgan fingerprint density at radius 1 is 1.50 bits per heavy atom. The lowest BCUT2D eigenvalue weighted by atomic mass is 10.3. The zero-order valence-corrected chi connectivity index (χ0v) is 7.75. The second-order valence-corrected chi connectivity index (χ2v) is 2.93. The molecule has 4 nitrogen and oxygen atoms in total. The van der Waals surface area contributed by atoms with Gasteiger partial charge in [-0.2, -0.15) is 5.06 Å². The molecule has 1 heterocycles. The van der Waals surface area contributed by atoms with E-state index in [1.807, 2.05) is 4.90 Å². The minimum Gasteiger partial charge on any atom is -0.340 e. The van der Waals surface area contributed by atoms with Gasteiger partial charge in [0.1, 0.15) is 6.54 Å². The van der Waals surface area contributed by atoms with Crippen molar-refractivity contribution < 1.29 is 9.63 Å². The number of hydrogen-bond acceptors (Lipinski definition) is 3. The van der Waals surface area contributed by atoms with Crippen molar-refractivity contribution >= 4 is 5.91 Å². The van der Waals surface area contributed by atoms with Crippen LogP contribution < -0.4 is 0 Å². The third kappa shape index (κ3) is 2.19. The highest BCUT2D eigenvalue weighted by Gasteiger charge is 2.22. The minimum absolute atomic E-state index is 0.171. The SMILES string of the molecule is CCCN1CCN(OC)CC1=O. The Balaban J connectivity index is 2.37. The predicted molar refractivity (Wildman–Crippen MR) is 45.5 cm³/mol. The van der Waals surface area contributed by atoms with Crippen molar-refractivity contribution in [2.45, 2.75) is 13.3 Å². The topological polar surface area (TPSA) is 32.8 Å². The van der Waals surface area contributed by atoms with Crippen molar-refractivity contribution in [1.82, 2.24) is 9.96 Å². The molecule has 12 heavy (non-hydrogen) atoms. The lowest BCUT2D eigenvalue weighted by Crippen LogP contribution is -2.49. The van der Waals surface area contributed by atoms with Crippen LogP contribution in [0.25, 0.3) is 0 Å². The molecule has 1 saturated heterocycles. The second-order valence-electron chi connectivity index (χ2n) is 2.93. The molecule has 1 rings (SSSR count). The molecule has 0 radical (unpaired) electrons. The van der Waals surface area contributed by atoms with Gasteiger partial charge in [-0.25, -0.2) is 0 Å². The van der Waals surface area contributed by atoms with Gasteiger partial charge in [-0.3, -0.25) is 4.79 Å². The van der Waals surface area contributed by atoms with E-state index in [2.05, 4.69) is 6.92 Å². The molecule has 0 saturated carbocycles. The van der Waals surface area contributed by atoms with Gasteiger partial charge in [0, 0.05) is 19.6 Å². The maximum Gasteiger partial charge on any atom is 0.239 e. The minimum atomic E-state index is 0.171. The first kappa shape index (κ1) is 9.48. The van der Waals surface area contributed by atoms with Crippen LogP contribution in [0, 0.1) is 0 Å². The highest BCUT2D eigenvalue weighted by molar-refractivity contribution is 5.78. The van der Waals surface area contributed by atoms with Crippen LogP contribution in [-0.2, 0) is 9.63 Å². The maximum absolute atomic E-state index is 11.4. The van der Waals surface area contributed by atoms with E-state index < -0.39 is 0 Å². The number of amides is 1. The van der Waals surface area contributed by atoms with Crippen molar-refractivity contribution in [3.63, 3.8) is 0 Å². The molecule has 0 aromatic carbocycles. The summed E-state index contributed by atoms with van der Waals surface area (Å²) in [5, 5.41) is 1.69. The van der Waals surface area contributed by atoms with Crippen LogP contribution in [0.2, 0.25) is 0 Å². The van der Waals surface area contributed by atoms with Crippen molar-refractivity contribution in [3.8, 4) is 0 Å². The zero-order valence-electron chi connectivity index (χ0n) is 7.75. The number of hydrogen-bond donors (Lipinski definition) is 0. The fourth-order valence-corrected chi connectivity index (χ4v) is 1.35. The Hall–Kier alpha value is -0.610. The van der Waals surface area contributed by atoms with Gasteiger partial charge >= 0.3 is 0 Å². The van der Waals surface area contributed by atoms with E-state index in [9.17, 15) is 4.79 Å². The second kappa shape index (κ2) is 4.42. The van der Waals surface area contributed by atoms with Crippen LogP contribution in [-0.4, -0.2) is 49.2 Å². The number of carbonyl (C=O) groups is 1. The summed E-state index contributed by atoms with van der Waals surface area (Å²) < 4.78 is 0. The number of piperazine rings is 1. The molecule has 1 fully saturated rings. The molecule has 0 aliphatic carbocycles. The molecule has 0 spiro atoms. The fraction of sp³-hybridized carbons (Fsp3) is 0.875. The van der Waals surface area contributed by atoms with Crippen LogP contribution in [0.3, 0.4) is 0 Å². The summed E-state index contributed by atoms with van der Waals surface area (Å²) in [5.41, 5.74) is 0. The first-order valence-corrected chi connectivity index (χ1v) is 4.34. The third-order valence-electron chi connectivity index (χ3n) is 2.04. The van der Waals surface area contributed by atoms with E-state index >= 15 is 0 Å². The third-order valence-corrected chi connectivity index (χ3v) is 2.04. The van der Waals surface area contributed by atoms with Gasteiger partial charge in [0.2, 0.25) is 5.91 Å². The van der Waals surface area contributed by atoms with Crippen LogP contribution >= 0.6 is 0 Å². The number of carbonyl (C=O) groups excluding carboxylic acids is 1. The van der Waals surface area contributed by atoms with Crippen molar-refractivity contribution in [2.75, 3.05) is 33.3 Å². The molecule has 4 heteroatoms. The lowest BCUT2D eigenvalue weighted by molar-refractivity contribution is -0.172. The average molecular weight is 172 g/mol. The molecule has 0 unspecified atom stereocenters. The van der Waals surface area contributed by atoms with Gasteiger partial charge in [0.15, 0.2) is 0 Å². The number of hydroxylamine groups is 2. The van der Waals surface area contributed by atoms with Crippen molar-refractivity contribution in [1.29, 1.82) is 0 Å². The summed E-state index contributed by atoms with van der Waals surface area (Å²) in [6.07, 6.45) is 1.03. The van der Waals surface area contributed by atoms with E-state index in [-0.39, 0.29) is 5.91 Å². The van der Waals surface area contributed by atoms with Gasteiger partial charge in [-0.15, -0.1) is 0 Å². The largest absolute Gasteiger partial charge is 0.340 e. The highest BCUT2D eigenvalue weighted by atomic mass is 16.7. The summed E-state index contributed by atoms with van der Waals surface area (Å²) >= 11 is 0. The molecule has 1 aliphatic rings. The van der Waals surface area contributed by atoms with E-state index in [0.717, 1.165) is 26.1 Å². The standard InChI is InChI=1S/C8H16N2O2/c1-3-4-9-5-6-10(12-2)7-8(9)11/h3-7H2,1-2H3. The molecule has 1 aliphatic heterocycles. The Kier molecular flexibility index (Phi) is 3.49. The summed E-state index contributed by atoms with van der Waals surface area (Å²) in [6.45, 7) is 4.96. The van der Waals surface area contributed by atoms with E-state index in [1.54, 1.807) is 12.2 Å². The summed E-state index contributed by atoms with van der Waals surface area (Å²) in [4.78, 5) is 18.2.